The Labute approximate surface area is 363 Å². The Hall–Kier alpha value is -7.88. The fourth-order valence-corrected chi connectivity index (χ4v) is 10.3. The molecule has 0 atom stereocenters. The van der Waals surface area contributed by atoms with Gasteiger partial charge in [-0.05, 0) is 103 Å². The highest BCUT2D eigenvalue weighted by Crippen LogP contribution is 2.58. The predicted molar refractivity (Wildman–Crippen MR) is 262 cm³/mol. The molecule has 12 rings (SSSR count). The number of rotatable bonds is 7. The van der Waals surface area contributed by atoms with Gasteiger partial charge in [-0.3, -0.25) is 0 Å². The maximum atomic E-state index is 3.93. The van der Waals surface area contributed by atoms with Crippen LogP contribution in [0, 0.1) is 0 Å². The van der Waals surface area contributed by atoms with Crippen molar-refractivity contribution >= 4 is 57.4 Å². The van der Waals surface area contributed by atoms with Crippen molar-refractivity contribution in [2.75, 3.05) is 10.2 Å². The van der Waals surface area contributed by atoms with Crippen LogP contribution in [0.5, 0.6) is 0 Å². The standard InChI is InChI=1S/C59H40BN2/c1-5-19-40(20-6-1)42-24-17-29-47(37-42)61-53-36-35-43(41-21-7-2-8-22-41)38-49(53)56-48-30-14-13-23-44(48)39-55-57(56)60-52-33-18-32-51-58(52)62(55)54-34-16-15-31-50(54)59(51,45-25-9-3-10-26-45)46-27-11-4-12-28-46/h1-39,61H. The first-order valence-electron chi connectivity index (χ1n) is 21.4. The molecule has 2 nitrogen and oxygen atoms in total. The summed E-state index contributed by atoms with van der Waals surface area (Å²) in [6.45, 7) is 0. The van der Waals surface area contributed by atoms with Crippen molar-refractivity contribution in [3.63, 3.8) is 0 Å². The molecular formula is C59H40BN2. The van der Waals surface area contributed by atoms with Gasteiger partial charge in [0.1, 0.15) is 0 Å². The molecule has 0 spiro atoms. The molecule has 0 saturated heterocycles. The van der Waals surface area contributed by atoms with Gasteiger partial charge in [-0.15, -0.1) is 0 Å². The number of nitrogens with zero attached hydrogens (tertiary/aromatic N) is 1. The van der Waals surface area contributed by atoms with E-state index in [1.807, 2.05) is 0 Å². The lowest BCUT2D eigenvalue weighted by atomic mass is 9.54. The van der Waals surface area contributed by atoms with Crippen LogP contribution in [0.2, 0.25) is 0 Å². The van der Waals surface area contributed by atoms with E-state index >= 15 is 0 Å². The summed E-state index contributed by atoms with van der Waals surface area (Å²) in [7, 11) is 2.45. The molecule has 10 aromatic rings. The van der Waals surface area contributed by atoms with Crippen molar-refractivity contribution in [1.82, 2.24) is 0 Å². The third-order valence-corrected chi connectivity index (χ3v) is 12.9. The lowest BCUT2D eigenvalue weighted by molar-refractivity contribution is 0.732. The highest BCUT2D eigenvalue weighted by atomic mass is 15.2. The quantitative estimate of drug-likeness (QED) is 0.162. The predicted octanol–water partition coefficient (Wildman–Crippen LogP) is 13.7. The first-order chi connectivity index (χ1) is 30.8. The minimum absolute atomic E-state index is 0.540. The number of anilines is 5. The van der Waals surface area contributed by atoms with Crippen molar-refractivity contribution in [3.8, 4) is 33.4 Å². The Balaban J connectivity index is 1.12. The number of nitrogens with one attached hydrogen (secondary N) is 1. The molecule has 0 fully saturated rings. The van der Waals surface area contributed by atoms with Crippen molar-refractivity contribution in [2.45, 2.75) is 5.41 Å². The maximum Gasteiger partial charge on any atom is 0.197 e. The third-order valence-electron chi connectivity index (χ3n) is 12.9. The highest BCUT2D eigenvalue weighted by Gasteiger charge is 2.48. The Kier molecular flexibility index (Phi) is 8.53. The summed E-state index contributed by atoms with van der Waals surface area (Å²) in [5.74, 6) is 0. The van der Waals surface area contributed by atoms with E-state index in [9.17, 15) is 0 Å². The second-order valence-electron chi connectivity index (χ2n) is 16.3. The van der Waals surface area contributed by atoms with E-state index in [4.69, 9.17) is 0 Å². The largest absolute Gasteiger partial charge is 0.355 e. The Bertz CT molecular complexity index is 3250. The lowest BCUT2D eigenvalue weighted by Gasteiger charge is -2.49. The van der Waals surface area contributed by atoms with E-state index in [-0.39, 0.29) is 0 Å². The van der Waals surface area contributed by atoms with Crippen molar-refractivity contribution < 1.29 is 0 Å². The summed E-state index contributed by atoms with van der Waals surface area (Å²) in [6.07, 6.45) is 0. The minimum Gasteiger partial charge on any atom is -0.355 e. The third kappa shape index (κ3) is 5.66. The van der Waals surface area contributed by atoms with Crippen LogP contribution in [-0.4, -0.2) is 7.28 Å². The van der Waals surface area contributed by atoms with Gasteiger partial charge >= 0.3 is 0 Å². The zero-order valence-electron chi connectivity index (χ0n) is 34.0. The normalized spacial score (nSPS) is 13.1. The van der Waals surface area contributed by atoms with Crippen LogP contribution in [0.4, 0.5) is 28.4 Å². The van der Waals surface area contributed by atoms with Crippen LogP contribution in [0.1, 0.15) is 22.3 Å². The molecule has 2 heterocycles. The zero-order valence-corrected chi connectivity index (χ0v) is 34.0. The Morgan fingerprint density at radius 2 is 1.00 bits per heavy atom. The van der Waals surface area contributed by atoms with Gasteiger partial charge in [0.25, 0.3) is 0 Å². The average Bonchev–Trinajstić information content (AvgIpc) is 3.35. The SMILES string of the molecule is [B]1c2cccc3c2N(c2ccccc2C3(c2ccccc2)c2ccccc2)c2cc3ccccc3c(-c3cc(-c4ccccc4)ccc3Nc3cccc(-c4ccccc4)c3)c21. The molecule has 62 heavy (non-hydrogen) atoms. The van der Waals surface area contributed by atoms with Gasteiger partial charge in [-0.25, -0.2) is 0 Å². The van der Waals surface area contributed by atoms with Crippen molar-refractivity contribution in [2.24, 2.45) is 0 Å². The molecule has 1 radical (unpaired) electrons. The second kappa shape index (κ2) is 14.7. The number of hydrogen-bond donors (Lipinski definition) is 1. The second-order valence-corrected chi connectivity index (χ2v) is 16.3. The van der Waals surface area contributed by atoms with Gasteiger partial charge in [-0.1, -0.05) is 206 Å². The van der Waals surface area contributed by atoms with Crippen LogP contribution in [-0.2, 0) is 5.41 Å². The maximum absolute atomic E-state index is 3.93. The first kappa shape index (κ1) is 36.0. The van der Waals surface area contributed by atoms with Gasteiger partial charge in [0, 0.05) is 28.3 Å². The van der Waals surface area contributed by atoms with Crippen LogP contribution >= 0.6 is 0 Å². The van der Waals surface area contributed by atoms with Gasteiger partial charge in [0.05, 0.1) is 11.1 Å². The molecule has 0 saturated carbocycles. The molecule has 0 bridgehead atoms. The first-order valence-corrected chi connectivity index (χ1v) is 21.4. The molecule has 0 unspecified atom stereocenters. The van der Waals surface area contributed by atoms with E-state index in [0.717, 1.165) is 16.9 Å². The summed E-state index contributed by atoms with van der Waals surface area (Å²) in [5, 5.41) is 6.33. The van der Waals surface area contributed by atoms with Crippen LogP contribution in [0.3, 0.4) is 0 Å². The number of para-hydroxylation sites is 2. The average molecular weight is 788 g/mol. The number of benzene rings is 10. The Morgan fingerprint density at radius 1 is 0.419 bits per heavy atom. The fourth-order valence-electron chi connectivity index (χ4n) is 10.3. The lowest BCUT2D eigenvalue weighted by Crippen LogP contribution is -2.47. The van der Waals surface area contributed by atoms with Gasteiger partial charge in [-0.2, -0.15) is 0 Å². The molecule has 289 valence electrons. The molecule has 2 aliphatic rings. The minimum atomic E-state index is -0.540. The van der Waals surface area contributed by atoms with E-state index in [1.54, 1.807) is 0 Å². The van der Waals surface area contributed by atoms with Crippen molar-refractivity contribution in [1.29, 1.82) is 0 Å². The summed E-state index contributed by atoms with van der Waals surface area (Å²) >= 11 is 0. The van der Waals surface area contributed by atoms with Crippen LogP contribution < -0.4 is 21.1 Å². The van der Waals surface area contributed by atoms with Crippen LogP contribution in [0.15, 0.2) is 237 Å². The van der Waals surface area contributed by atoms with Crippen LogP contribution in [0.25, 0.3) is 44.2 Å². The molecule has 10 aromatic carbocycles. The summed E-state index contributed by atoms with van der Waals surface area (Å²) in [4.78, 5) is 2.56. The van der Waals surface area contributed by atoms with Gasteiger partial charge in [0.15, 0.2) is 7.28 Å². The molecule has 3 heteroatoms. The van der Waals surface area contributed by atoms with Crippen molar-refractivity contribution in [3.05, 3.63) is 259 Å². The van der Waals surface area contributed by atoms with Gasteiger partial charge < -0.3 is 10.2 Å². The topological polar surface area (TPSA) is 15.3 Å². The summed E-state index contributed by atoms with van der Waals surface area (Å²) in [5.41, 5.74) is 19.6. The Morgan fingerprint density at radius 3 is 1.73 bits per heavy atom. The summed E-state index contributed by atoms with van der Waals surface area (Å²) in [6, 6.07) is 86.4. The fraction of sp³-hybridized carbons (Fsp3) is 0.0169. The van der Waals surface area contributed by atoms with E-state index in [0.29, 0.717) is 0 Å². The molecule has 1 N–H and O–H groups in total. The van der Waals surface area contributed by atoms with E-state index in [2.05, 4.69) is 254 Å². The molecule has 0 aromatic heterocycles. The monoisotopic (exact) mass is 787 g/mol. The van der Waals surface area contributed by atoms with E-state index < -0.39 is 5.41 Å². The van der Waals surface area contributed by atoms with Gasteiger partial charge in [0.2, 0.25) is 0 Å². The molecule has 0 aliphatic carbocycles. The molecular weight excluding hydrogens is 747 g/mol. The molecule has 2 aliphatic heterocycles. The molecule has 0 amide bonds. The summed E-state index contributed by atoms with van der Waals surface area (Å²) < 4.78 is 0. The highest BCUT2D eigenvalue weighted by molar-refractivity contribution is 6.74. The number of fused-ring (bicyclic) bond motifs is 5. The smallest absolute Gasteiger partial charge is 0.197 e. The zero-order chi connectivity index (χ0) is 41.0. The van der Waals surface area contributed by atoms with E-state index in [1.165, 1.54) is 88.8 Å². The number of hydrogen-bond acceptors (Lipinski definition) is 2.